The van der Waals surface area contributed by atoms with Crippen LogP contribution in [0, 0.1) is 35.8 Å². The number of ether oxygens (including phenoxy) is 2. The number of amides is 4. The number of urea groups is 2. The monoisotopic (exact) mass is 596 g/mol. The molecule has 2 heterocycles. The minimum atomic E-state index is -1.35. The number of hydrogen-bond acceptors (Lipinski definition) is 8. The van der Waals surface area contributed by atoms with Crippen molar-refractivity contribution in [1.29, 1.82) is 5.26 Å². The van der Waals surface area contributed by atoms with E-state index in [1.807, 2.05) is 25.1 Å². The molecule has 0 aromatic heterocycles. The van der Waals surface area contributed by atoms with Gasteiger partial charge in [0.25, 0.3) is 0 Å². The molecule has 2 aromatic carbocycles. The number of rotatable bonds is 9. The molecule has 1 fully saturated rings. The molecule has 13 heteroatoms. The largest absolute Gasteiger partial charge is 0.468 e. The smallest absolute Gasteiger partial charge is 0.352 e. The molecule has 2 N–H and O–H groups in total. The summed E-state index contributed by atoms with van der Waals surface area (Å²) in [5.41, 5.74) is 2.61. The maximum absolute atomic E-state index is 14.2. The first kappa shape index (κ1) is 31.5. The number of carbonyl (C=O) groups excluding carboxylic acids is 3. The van der Waals surface area contributed by atoms with Crippen molar-refractivity contribution >= 4 is 29.4 Å². The van der Waals surface area contributed by atoms with E-state index < -0.39 is 41.6 Å². The van der Waals surface area contributed by atoms with Crippen LogP contribution in [0.15, 0.2) is 41.4 Å². The summed E-state index contributed by atoms with van der Waals surface area (Å²) in [7, 11) is 2.48. The predicted octanol–water partition coefficient (Wildman–Crippen LogP) is 3.47. The SMILES string of the molecule is COCC1=NC(=O)N(C(=O)NCCNC2CCN(c3ccc(C)cc3C#N)CC2)C(c2ccc(F)c(F)c2)C1C(=O)OC. The number of piperidine rings is 1. The molecule has 2 aromatic rings. The highest BCUT2D eigenvalue weighted by Gasteiger charge is 2.47. The van der Waals surface area contributed by atoms with Gasteiger partial charge in [-0.25, -0.2) is 23.3 Å². The van der Waals surface area contributed by atoms with Gasteiger partial charge >= 0.3 is 18.0 Å². The highest BCUT2D eigenvalue weighted by molar-refractivity contribution is 6.12. The summed E-state index contributed by atoms with van der Waals surface area (Å²) in [5.74, 6) is -4.44. The second-order valence-electron chi connectivity index (χ2n) is 10.4. The number of benzene rings is 2. The van der Waals surface area contributed by atoms with Crippen molar-refractivity contribution in [1.82, 2.24) is 15.5 Å². The first-order valence-electron chi connectivity index (χ1n) is 13.9. The Labute approximate surface area is 248 Å². The van der Waals surface area contributed by atoms with Crippen LogP contribution in [0.1, 0.15) is 35.6 Å². The lowest BCUT2D eigenvalue weighted by molar-refractivity contribution is -0.144. The second-order valence-corrected chi connectivity index (χ2v) is 10.4. The fourth-order valence-electron chi connectivity index (χ4n) is 5.48. The molecule has 2 unspecified atom stereocenters. The third kappa shape index (κ3) is 7.15. The fraction of sp³-hybridized carbons (Fsp3) is 0.433. The van der Waals surface area contributed by atoms with Gasteiger partial charge in [-0.15, -0.1) is 0 Å². The Balaban J connectivity index is 1.40. The quantitative estimate of drug-likeness (QED) is 0.332. The highest BCUT2D eigenvalue weighted by Crippen LogP contribution is 2.36. The molecule has 4 rings (SSSR count). The maximum atomic E-state index is 14.2. The van der Waals surface area contributed by atoms with E-state index in [0.717, 1.165) is 61.3 Å². The van der Waals surface area contributed by atoms with E-state index in [0.29, 0.717) is 12.1 Å². The minimum Gasteiger partial charge on any atom is -0.468 e. The number of imide groups is 1. The van der Waals surface area contributed by atoms with Crippen LogP contribution in [0.25, 0.3) is 0 Å². The molecule has 0 spiro atoms. The summed E-state index contributed by atoms with van der Waals surface area (Å²) < 4.78 is 38.0. The van der Waals surface area contributed by atoms with E-state index >= 15 is 0 Å². The Bertz CT molecular complexity index is 1440. The lowest BCUT2D eigenvalue weighted by atomic mass is 9.86. The lowest BCUT2D eigenvalue weighted by Crippen LogP contribution is -2.54. The van der Waals surface area contributed by atoms with E-state index in [1.54, 1.807) is 0 Å². The van der Waals surface area contributed by atoms with Crippen LogP contribution < -0.4 is 15.5 Å². The summed E-state index contributed by atoms with van der Waals surface area (Å²) in [6.45, 7) is 3.79. The summed E-state index contributed by atoms with van der Waals surface area (Å²) in [6, 6.07) is 8.00. The topological polar surface area (TPSA) is 136 Å². The van der Waals surface area contributed by atoms with E-state index in [-0.39, 0.29) is 30.5 Å². The van der Waals surface area contributed by atoms with E-state index in [4.69, 9.17) is 9.47 Å². The number of nitriles is 1. The van der Waals surface area contributed by atoms with Gasteiger partial charge in [-0.05, 0) is 55.2 Å². The molecule has 228 valence electrons. The molecular formula is C30H34F2N6O5. The van der Waals surface area contributed by atoms with Crippen LogP contribution in [0.3, 0.4) is 0 Å². The van der Waals surface area contributed by atoms with Crippen molar-refractivity contribution in [2.24, 2.45) is 10.9 Å². The summed E-state index contributed by atoms with van der Waals surface area (Å²) >= 11 is 0. The van der Waals surface area contributed by atoms with Crippen LogP contribution in [0.4, 0.5) is 24.1 Å². The van der Waals surface area contributed by atoms with Gasteiger partial charge in [0.05, 0.1) is 36.7 Å². The Kier molecular flexibility index (Phi) is 10.4. The molecule has 2 aliphatic heterocycles. The lowest BCUT2D eigenvalue weighted by Gasteiger charge is -2.37. The first-order chi connectivity index (χ1) is 20.7. The number of methoxy groups -OCH3 is 2. The van der Waals surface area contributed by atoms with Gasteiger partial charge in [-0.1, -0.05) is 12.1 Å². The molecule has 2 atom stereocenters. The van der Waals surface area contributed by atoms with Crippen molar-refractivity contribution in [2.45, 2.75) is 31.8 Å². The molecular weight excluding hydrogens is 562 g/mol. The average molecular weight is 597 g/mol. The number of carbonyl (C=O) groups is 3. The molecule has 1 saturated heterocycles. The number of aliphatic imine (C=N–C) groups is 1. The molecule has 43 heavy (non-hydrogen) atoms. The number of hydrogen-bond donors (Lipinski definition) is 2. The van der Waals surface area contributed by atoms with Crippen molar-refractivity contribution in [3.05, 3.63) is 64.7 Å². The molecule has 2 aliphatic rings. The molecule has 0 aliphatic carbocycles. The molecule has 4 amide bonds. The van der Waals surface area contributed by atoms with Gasteiger partial charge in [0.1, 0.15) is 12.0 Å². The Morgan fingerprint density at radius 2 is 1.84 bits per heavy atom. The van der Waals surface area contributed by atoms with Crippen LogP contribution in [-0.4, -0.2) is 81.7 Å². The van der Waals surface area contributed by atoms with Crippen LogP contribution in [0.5, 0.6) is 0 Å². The van der Waals surface area contributed by atoms with Crippen molar-refractivity contribution in [3.63, 3.8) is 0 Å². The van der Waals surface area contributed by atoms with Gasteiger partial charge in [0, 0.05) is 39.3 Å². The number of halogens is 2. The molecule has 11 nitrogen and oxygen atoms in total. The van der Waals surface area contributed by atoms with Gasteiger partial charge in [-0.2, -0.15) is 10.3 Å². The maximum Gasteiger partial charge on any atom is 0.352 e. The Morgan fingerprint density at radius 3 is 2.49 bits per heavy atom. The van der Waals surface area contributed by atoms with Crippen LogP contribution in [0.2, 0.25) is 0 Å². The van der Waals surface area contributed by atoms with Gasteiger partial charge < -0.3 is 25.0 Å². The summed E-state index contributed by atoms with van der Waals surface area (Å²) in [6.07, 6.45) is 1.65. The van der Waals surface area contributed by atoms with E-state index in [9.17, 15) is 28.4 Å². The standard InChI is InChI=1S/C30H34F2N6O5/c1-18-4-7-25(20(14-18)16-33)37-12-8-21(9-13-37)34-10-11-35-29(40)38-27(19-5-6-22(31)23(32)15-19)26(28(39)43-3)24(17-42-2)36-30(38)41/h4-7,14-15,21,26-27,34H,8-13,17H2,1-3H3,(H,35,40). The van der Waals surface area contributed by atoms with Crippen LogP contribution >= 0.6 is 0 Å². The zero-order valence-electron chi connectivity index (χ0n) is 24.2. The molecule has 0 radical (unpaired) electrons. The molecule has 0 bridgehead atoms. The highest BCUT2D eigenvalue weighted by atomic mass is 19.2. The van der Waals surface area contributed by atoms with Gasteiger partial charge in [-0.3, -0.25) is 4.79 Å². The number of anilines is 1. The average Bonchev–Trinajstić information content (AvgIpc) is 3.00. The second kappa shape index (κ2) is 14.2. The first-order valence-corrected chi connectivity index (χ1v) is 13.9. The van der Waals surface area contributed by atoms with Gasteiger partial charge in [0.15, 0.2) is 11.6 Å². The zero-order valence-corrected chi connectivity index (χ0v) is 24.2. The molecule has 0 saturated carbocycles. The van der Waals surface area contributed by atoms with E-state index in [2.05, 4.69) is 26.6 Å². The van der Waals surface area contributed by atoms with E-state index in [1.165, 1.54) is 13.2 Å². The normalized spacial score (nSPS) is 19.1. The third-order valence-corrected chi connectivity index (χ3v) is 7.59. The Morgan fingerprint density at radius 1 is 1.09 bits per heavy atom. The van der Waals surface area contributed by atoms with Gasteiger partial charge in [0.2, 0.25) is 0 Å². The van der Waals surface area contributed by atoms with Crippen LogP contribution in [-0.2, 0) is 14.3 Å². The van der Waals surface area contributed by atoms with Crippen molar-refractivity contribution < 1.29 is 32.6 Å². The number of esters is 1. The van der Waals surface area contributed by atoms with Crippen molar-refractivity contribution in [3.8, 4) is 6.07 Å². The third-order valence-electron chi connectivity index (χ3n) is 7.59. The summed E-state index contributed by atoms with van der Waals surface area (Å²) in [5, 5.41) is 15.6. The Hall–Kier alpha value is -4.41. The number of nitrogens with one attached hydrogen (secondary N) is 2. The van der Waals surface area contributed by atoms with Crippen molar-refractivity contribution in [2.75, 3.05) is 51.9 Å². The minimum absolute atomic E-state index is 0.00123. The summed E-state index contributed by atoms with van der Waals surface area (Å²) in [4.78, 5) is 46.0. The fourth-order valence-corrected chi connectivity index (χ4v) is 5.48. The zero-order chi connectivity index (χ0) is 31.1. The number of aryl methyl sites for hydroxylation is 1. The predicted molar refractivity (Wildman–Crippen MR) is 154 cm³/mol. The number of nitrogens with zero attached hydrogens (tertiary/aromatic N) is 4.